The van der Waals surface area contributed by atoms with Gasteiger partial charge in [0.15, 0.2) is 0 Å². The summed E-state index contributed by atoms with van der Waals surface area (Å²) in [6, 6.07) is 14.8. The molecule has 0 atom stereocenters. The van der Waals surface area contributed by atoms with Gasteiger partial charge in [-0.15, -0.1) is 0 Å². The summed E-state index contributed by atoms with van der Waals surface area (Å²) in [7, 11) is 3.24. The SMILES string of the molecule is COc1cc(N2CCCC2)c(OC)cc1C=NNc1nc(-c2ccccc2)c(C#N)c(=O)[nH]1. The van der Waals surface area contributed by atoms with Gasteiger partial charge in [0.05, 0.1) is 31.8 Å². The Bertz CT molecular complexity index is 1260. The largest absolute Gasteiger partial charge is 0.496 e. The van der Waals surface area contributed by atoms with Crippen LogP contribution in [0.15, 0.2) is 52.4 Å². The van der Waals surface area contributed by atoms with E-state index in [4.69, 9.17) is 9.47 Å². The first-order valence-electron chi connectivity index (χ1n) is 10.5. The Labute approximate surface area is 191 Å². The summed E-state index contributed by atoms with van der Waals surface area (Å²) >= 11 is 0. The van der Waals surface area contributed by atoms with Gasteiger partial charge in [0.25, 0.3) is 5.56 Å². The highest BCUT2D eigenvalue weighted by molar-refractivity contribution is 5.87. The van der Waals surface area contributed by atoms with Crippen LogP contribution in [0.25, 0.3) is 11.3 Å². The molecule has 3 aromatic rings. The maximum atomic E-state index is 12.4. The molecule has 0 aliphatic carbocycles. The van der Waals surface area contributed by atoms with E-state index in [9.17, 15) is 10.1 Å². The molecule has 0 saturated carbocycles. The number of nitrogens with zero attached hydrogens (tertiary/aromatic N) is 4. The molecule has 9 heteroatoms. The van der Waals surface area contributed by atoms with Gasteiger partial charge in [-0.2, -0.15) is 10.4 Å². The van der Waals surface area contributed by atoms with Gasteiger partial charge in [-0.05, 0) is 18.9 Å². The number of ether oxygens (including phenoxy) is 2. The van der Waals surface area contributed by atoms with Crippen molar-refractivity contribution >= 4 is 17.9 Å². The lowest BCUT2D eigenvalue weighted by atomic mass is 10.1. The van der Waals surface area contributed by atoms with Crippen LogP contribution in [-0.4, -0.2) is 43.5 Å². The van der Waals surface area contributed by atoms with Gasteiger partial charge in [-0.3, -0.25) is 9.78 Å². The molecule has 0 radical (unpaired) electrons. The van der Waals surface area contributed by atoms with Crippen molar-refractivity contribution < 1.29 is 9.47 Å². The van der Waals surface area contributed by atoms with Crippen LogP contribution in [0, 0.1) is 11.3 Å². The highest BCUT2D eigenvalue weighted by Crippen LogP contribution is 2.36. The second kappa shape index (κ2) is 9.87. The quantitative estimate of drug-likeness (QED) is 0.424. The topological polar surface area (TPSA) is 116 Å². The van der Waals surface area contributed by atoms with Crippen molar-refractivity contribution in [3.63, 3.8) is 0 Å². The fourth-order valence-electron chi connectivity index (χ4n) is 3.81. The van der Waals surface area contributed by atoms with Crippen LogP contribution in [0.5, 0.6) is 11.5 Å². The summed E-state index contributed by atoms with van der Waals surface area (Å²) in [4.78, 5) is 21.6. The predicted octanol–water partition coefficient (Wildman–Crippen LogP) is 3.37. The Hall–Kier alpha value is -4.32. The van der Waals surface area contributed by atoms with Crippen LogP contribution in [0.2, 0.25) is 0 Å². The standard InChI is InChI=1S/C24H24N6O3/c1-32-20-13-19(30-10-6-7-11-30)21(33-2)12-17(20)15-26-29-24-27-22(16-8-4-3-5-9-16)18(14-25)23(31)28-24/h3-5,8-9,12-13,15H,6-7,10-11H2,1-2H3,(H2,27,28,29,31). The number of aromatic nitrogens is 2. The molecule has 168 valence electrons. The van der Waals surface area contributed by atoms with Crippen molar-refractivity contribution in [3.8, 4) is 28.8 Å². The van der Waals surface area contributed by atoms with E-state index in [2.05, 4.69) is 25.4 Å². The molecule has 0 unspecified atom stereocenters. The third-order valence-corrected chi connectivity index (χ3v) is 5.43. The Morgan fingerprint density at radius 1 is 1.15 bits per heavy atom. The third kappa shape index (κ3) is 4.65. The first-order chi connectivity index (χ1) is 16.1. The van der Waals surface area contributed by atoms with E-state index in [0.717, 1.165) is 37.4 Å². The fraction of sp³-hybridized carbons (Fsp3) is 0.250. The normalized spacial score (nSPS) is 13.2. The first-order valence-corrected chi connectivity index (χ1v) is 10.5. The van der Waals surface area contributed by atoms with Gasteiger partial charge >= 0.3 is 0 Å². The lowest BCUT2D eigenvalue weighted by Crippen LogP contribution is -2.18. The highest BCUT2D eigenvalue weighted by Gasteiger charge is 2.19. The van der Waals surface area contributed by atoms with Gasteiger partial charge in [0, 0.05) is 30.3 Å². The molecule has 0 spiro atoms. The molecule has 1 aromatic heterocycles. The van der Waals surface area contributed by atoms with Crippen molar-refractivity contribution in [1.82, 2.24) is 9.97 Å². The maximum Gasteiger partial charge on any atom is 0.270 e. The summed E-state index contributed by atoms with van der Waals surface area (Å²) in [6.07, 6.45) is 3.87. The van der Waals surface area contributed by atoms with E-state index >= 15 is 0 Å². The number of rotatable bonds is 7. The van der Waals surface area contributed by atoms with Gasteiger partial charge in [0.2, 0.25) is 5.95 Å². The van der Waals surface area contributed by atoms with Crippen LogP contribution in [0.3, 0.4) is 0 Å². The van der Waals surface area contributed by atoms with E-state index in [-0.39, 0.29) is 17.2 Å². The predicted molar refractivity (Wildman–Crippen MR) is 127 cm³/mol. The molecule has 2 N–H and O–H groups in total. The van der Waals surface area contributed by atoms with Gasteiger partial charge in [-0.1, -0.05) is 30.3 Å². The van der Waals surface area contributed by atoms with E-state index in [1.807, 2.05) is 36.4 Å². The number of benzene rings is 2. The van der Waals surface area contributed by atoms with E-state index in [1.165, 1.54) is 0 Å². The van der Waals surface area contributed by atoms with Crippen molar-refractivity contribution in [1.29, 1.82) is 5.26 Å². The van der Waals surface area contributed by atoms with Crippen molar-refractivity contribution in [2.24, 2.45) is 5.10 Å². The van der Waals surface area contributed by atoms with Gasteiger partial charge in [-0.25, -0.2) is 10.4 Å². The molecule has 1 saturated heterocycles. The molecular weight excluding hydrogens is 420 g/mol. The number of H-pyrrole nitrogens is 1. The third-order valence-electron chi connectivity index (χ3n) is 5.43. The van der Waals surface area contributed by atoms with Crippen molar-refractivity contribution in [2.45, 2.75) is 12.8 Å². The smallest absolute Gasteiger partial charge is 0.270 e. The minimum absolute atomic E-state index is 0.0559. The molecule has 2 aromatic carbocycles. The van der Waals surface area contributed by atoms with Gasteiger partial charge < -0.3 is 14.4 Å². The Morgan fingerprint density at radius 3 is 2.55 bits per heavy atom. The van der Waals surface area contributed by atoms with E-state index < -0.39 is 5.56 Å². The maximum absolute atomic E-state index is 12.4. The summed E-state index contributed by atoms with van der Waals surface area (Å²) in [5.41, 5.74) is 4.78. The zero-order valence-corrected chi connectivity index (χ0v) is 18.5. The highest BCUT2D eigenvalue weighted by atomic mass is 16.5. The second-order valence-electron chi connectivity index (χ2n) is 7.45. The Morgan fingerprint density at radius 2 is 1.88 bits per heavy atom. The fourth-order valence-corrected chi connectivity index (χ4v) is 3.81. The molecule has 0 amide bonds. The van der Waals surface area contributed by atoms with Gasteiger partial charge in [0.1, 0.15) is 23.1 Å². The van der Waals surface area contributed by atoms with Crippen LogP contribution in [0.1, 0.15) is 24.0 Å². The minimum Gasteiger partial charge on any atom is -0.496 e. The molecule has 0 bridgehead atoms. The summed E-state index contributed by atoms with van der Waals surface area (Å²) < 4.78 is 11.2. The second-order valence-corrected chi connectivity index (χ2v) is 7.45. The van der Waals surface area contributed by atoms with Crippen molar-refractivity contribution in [2.75, 3.05) is 37.6 Å². The summed E-state index contributed by atoms with van der Waals surface area (Å²) in [5, 5.41) is 13.6. The average Bonchev–Trinajstić information content (AvgIpc) is 3.38. The number of hydrazone groups is 1. The monoisotopic (exact) mass is 444 g/mol. The number of methoxy groups -OCH3 is 2. The number of aromatic amines is 1. The lowest BCUT2D eigenvalue weighted by molar-refractivity contribution is 0.402. The number of nitrogens with one attached hydrogen (secondary N) is 2. The molecule has 4 rings (SSSR count). The summed E-state index contributed by atoms with van der Waals surface area (Å²) in [6.45, 7) is 1.96. The number of hydrogen-bond acceptors (Lipinski definition) is 8. The molecular formula is C24H24N6O3. The van der Waals surface area contributed by atoms with E-state index in [0.29, 0.717) is 16.9 Å². The van der Waals surface area contributed by atoms with Crippen LogP contribution in [-0.2, 0) is 0 Å². The number of nitriles is 1. The molecule has 9 nitrogen and oxygen atoms in total. The number of hydrogen-bond donors (Lipinski definition) is 2. The molecule has 33 heavy (non-hydrogen) atoms. The average molecular weight is 444 g/mol. The van der Waals surface area contributed by atoms with Crippen LogP contribution < -0.4 is 25.4 Å². The Balaban J connectivity index is 1.62. The van der Waals surface area contributed by atoms with Crippen LogP contribution in [0.4, 0.5) is 11.6 Å². The number of anilines is 2. The molecule has 2 heterocycles. The van der Waals surface area contributed by atoms with Crippen molar-refractivity contribution in [3.05, 3.63) is 63.9 Å². The van der Waals surface area contributed by atoms with E-state index in [1.54, 1.807) is 32.6 Å². The minimum atomic E-state index is -0.543. The van der Waals surface area contributed by atoms with Crippen LogP contribution >= 0.6 is 0 Å². The zero-order valence-electron chi connectivity index (χ0n) is 18.5. The zero-order chi connectivity index (χ0) is 23.2. The first kappa shape index (κ1) is 21.9. The molecule has 1 aliphatic rings. The summed E-state index contributed by atoms with van der Waals surface area (Å²) in [5.74, 6) is 1.50. The lowest BCUT2D eigenvalue weighted by Gasteiger charge is -2.22. The molecule has 1 fully saturated rings. The Kier molecular flexibility index (Phi) is 6.55. The molecule has 1 aliphatic heterocycles.